The molecule has 0 radical (unpaired) electrons. The standard InChI is InChI=1S/C15H21N3O2/c1-4-5-6-7-8-14(18-20-3)13-9-12(10-16)15(19)17-11(13)2/h9H,4-8H2,1-3H3,(H,17,19)/b18-14-. The highest BCUT2D eigenvalue weighted by molar-refractivity contribution is 6.01. The minimum absolute atomic E-state index is 0.1000. The van der Waals surface area contributed by atoms with E-state index in [-0.39, 0.29) is 11.1 Å². The molecule has 0 unspecified atom stereocenters. The van der Waals surface area contributed by atoms with E-state index in [1.165, 1.54) is 20.0 Å². The number of hydrogen-bond acceptors (Lipinski definition) is 4. The molecule has 5 heteroatoms. The molecule has 0 spiro atoms. The normalized spacial score (nSPS) is 11.2. The van der Waals surface area contributed by atoms with Crippen molar-refractivity contribution in [2.45, 2.75) is 46.0 Å². The van der Waals surface area contributed by atoms with Crippen LogP contribution in [0.3, 0.4) is 0 Å². The highest BCUT2D eigenvalue weighted by Gasteiger charge is 2.12. The Kier molecular flexibility index (Phi) is 6.51. The number of oxime groups is 1. The summed E-state index contributed by atoms with van der Waals surface area (Å²) < 4.78 is 0. The van der Waals surface area contributed by atoms with E-state index in [0.717, 1.165) is 30.5 Å². The molecular formula is C15H21N3O2. The van der Waals surface area contributed by atoms with Gasteiger partial charge in [-0.05, 0) is 25.8 Å². The van der Waals surface area contributed by atoms with Gasteiger partial charge in [0.25, 0.3) is 5.56 Å². The minimum atomic E-state index is -0.364. The molecule has 0 saturated heterocycles. The summed E-state index contributed by atoms with van der Waals surface area (Å²) >= 11 is 0. The Morgan fingerprint density at radius 2 is 2.20 bits per heavy atom. The first-order valence-electron chi connectivity index (χ1n) is 6.88. The van der Waals surface area contributed by atoms with Gasteiger partial charge in [-0.1, -0.05) is 31.3 Å². The number of nitrogens with one attached hydrogen (secondary N) is 1. The second-order valence-electron chi connectivity index (χ2n) is 4.69. The zero-order valence-corrected chi connectivity index (χ0v) is 12.3. The average Bonchev–Trinajstić information content (AvgIpc) is 2.43. The Morgan fingerprint density at radius 1 is 1.45 bits per heavy atom. The van der Waals surface area contributed by atoms with Crippen molar-refractivity contribution in [3.8, 4) is 6.07 Å². The van der Waals surface area contributed by atoms with Crippen LogP contribution in [0.25, 0.3) is 0 Å². The molecule has 0 bridgehead atoms. The lowest BCUT2D eigenvalue weighted by Gasteiger charge is -2.09. The number of aromatic amines is 1. The van der Waals surface area contributed by atoms with Gasteiger partial charge in [-0.25, -0.2) is 0 Å². The van der Waals surface area contributed by atoms with E-state index in [4.69, 9.17) is 10.1 Å². The van der Waals surface area contributed by atoms with Gasteiger partial charge >= 0.3 is 0 Å². The lowest BCUT2D eigenvalue weighted by molar-refractivity contribution is 0.212. The third-order valence-corrected chi connectivity index (χ3v) is 3.14. The highest BCUT2D eigenvalue weighted by atomic mass is 16.6. The molecule has 1 aromatic rings. The van der Waals surface area contributed by atoms with Crippen LogP contribution in [-0.4, -0.2) is 17.8 Å². The fourth-order valence-corrected chi connectivity index (χ4v) is 2.06. The molecule has 1 rings (SSSR count). The van der Waals surface area contributed by atoms with Gasteiger partial charge in [-0.3, -0.25) is 4.79 Å². The van der Waals surface area contributed by atoms with Gasteiger partial charge in [0.1, 0.15) is 18.7 Å². The van der Waals surface area contributed by atoms with Crippen LogP contribution in [0.5, 0.6) is 0 Å². The fraction of sp³-hybridized carbons (Fsp3) is 0.533. The second kappa shape index (κ2) is 8.16. The molecule has 0 atom stereocenters. The van der Waals surface area contributed by atoms with E-state index in [9.17, 15) is 4.79 Å². The van der Waals surface area contributed by atoms with E-state index >= 15 is 0 Å². The number of hydrogen-bond donors (Lipinski definition) is 1. The summed E-state index contributed by atoms with van der Waals surface area (Å²) in [6, 6.07) is 3.49. The maximum atomic E-state index is 11.6. The van der Waals surface area contributed by atoms with Crippen LogP contribution in [-0.2, 0) is 4.84 Å². The first-order valence-corrected chi connectivity index (χ1v) is 6.88. The molecule has 5 nitrogen and oxygen atoms in total. The summed E-state index contributed by atoms with van der Waals surface area (Å²) in [4.78, 5) is 19.1. The van der Waals surface area contributed by atoms with Gasteiger partial charge in [-0.2, -0.15) is 5.26 Å². The lowest BCUT2D eigenvalue weighted by Crippen LogP contribution is -2.16. The van der Waals surface area contributed by atoms with Crippen LogP contribution in [0.1, 0.15) is 55.8 Å². The van der Waals surface area contributed by atoms with Crippen molar-refractivity contribution in [2.24, 2.45) is 5.16 Å². The maximum Gasteiger partial charge on any atom is 0.266 e. The van der Waals surface area contributed by atoms with E-state index in [0.29, 0.717) is 5.69 Å². The molecule has 1 heterocycles. The third kappa shape index (κ3) is 4.23. The average molecular weight is 275 g/mol. The zero-order valence-electron chi connectivity index (χ0n) is 12.3. The van der Waals surface area contributed by atoms with Crippen molar-refractivity contribution < 1.29 is 4.84 Å². The Labute approximate surface area is 119 Å². The Morgan fingerprint density at radius 3 is 2.80 bits per heavy atom. The molecule has 0 aliphatic heterocycles. The quantitative estimate of drug-likeness (QED) is 0.472. The Balaban J connectivity index is 3.01. The van der Waals surface area contributed by atoms with Gasteiger partial charge in [-0.15, -0.1) is 0 Å². The summed E-state index contributed by atoms with van der Waals surface area (Å²) in [7, 11) is 1.50. The molecule has 0 fully saturated rings. The summed E-state index contributed by atoms with van der Waals surface area (Å²) in [6.07, 6.45) is 5.27. The summed E-state index contributed by atoms with van der Waals surface area (Å²) in [5.74, 6) is 0. The lowest BCUT2D eigenvalue weighted by atomic mass is 10.0. The molecule has 0 saturated carbocycles. The monoisotopic (exact) mass is 275 g/mol. The molecule has 0 amide bonds. The van der Waals surface area contributed by atoms with Crippen molar-refractivity contribution in [3.63, 3.8) is 0 Å². The third-order valence-electron chi connectivity index (χ3n) is 3.14. The molecule has 20 heavy (non-hydrogen) atoms. The predicted molar refractivity (Wildman–Crippen MR) is 78.8 cm³/mol. The number of H-pyrrole nitrogens is 1. The van der Waals surface area contributed by atoms with E-state index in [1.54, 1.807) is 13.0 Å². The number of nitrogens with zero attached hydrogens (tertiary/aromatic N) is 2. The van der Waals surface area contributed by atoms with Crippen molar-refractivity contribution >= 4 is 5.71 Å². The summed E-state index contributed by atoms with van der Waals surface area (Å²) in [5.41, 5.74) is 1.99. The first kappa shape index (κ1) is 16.0. The van der Waals surface area contributed by atoms with Gasteiger partial charge in [0.15, 0.2) is 0 Å². The number of aromatic nitrogens is 1. The molecule has 1 N–H and O–H groups in total. The highest BCUT2D eigenvalue weighted by Crippen LogP contribution is 2.13. The van der Waals surface area contributed by atoms with Gasteiger partial charge in [0.05, 0.1) is 5.71 Å². The SMILES string of the molecule is CCCCCC/C(=N/OC)c1cc(C#N)c(=O)[nH]c1C. The Bertz CT molecular complexity index is 567. The molecule has 1 aromatic heterocycles. The van der Waals surface area contributed by atoms with Crippen molar-refractivity contribution in [2.75, 3.05) is 7.11 Å². The van der Waals surface area contributed by atoms with Crippen molar-refractivity contribution in [3.05, 3.63) is 33.2 Å². The zero-order chi connectivity index (χ0) is 15.0. The van der Waals surface area contributed by atoms with Crippen LogP contribution in [0.2, 0.25) is 0 Å². The largest absolute Gasteiger partial charge is 0.399 e. The molecule has 108 valence electrons. The van der Waals surface area contributed by atoms with Crippen LogP contribution in [0.15, 0.2) is 16.0 Å². The topological polar surface area (TPSA) is 78.2 Å². The Hall–Kier alpha value is -2.09. The molecule has 0 aliphatic carbocycles. The molecule has 0 aromatic carbocycles. The number of unbranched alkanes of at least 4 members (excludes halogenated alkanes) is 3. The van der Waals surface area contributed by atoms with E-state index in [1.807, 2.05) is 6.07 Å². The number of rotatable bonds is 7. The fourth-order valence-electron chi connectivity index (χ4n) is 2.06. The number of aryl methyl sites for hydroxylation is 1. The molecule has 0 aliphatic rings. The van der Waals surface area contributed by atoms with Crippen LogP contribution in [0.4, 0.5) is 0 Å². The smallest absolute Gasteiger partial charge is 0.266 e. The van der Waals surface area contributed by atoms with Crippen LogP contribution < -0.4 is 5.56 Å². The summed E-state index contributed by atoms with van der Waals surface area (Å²) in [6.45, 7) is 3.96. The minimum Gasteiger partial charge on any atom is -0.399 e. The van der Waals surface area contributed by atoms with E-state index in [2.05, 4.69) is 17.1 Å². The van der Waals surface area contributed by atoms with Crippen LogP contribution >= 0.6 is 0 Å². The van der Waals surface area contributed by atoms with Crippen molar-refractivity contribution in [1.29, 1.82) is 5.26 Å². The number of pyridine rings is 1. The molecular weight excluding hydrogens is 254 g/mol. The van der Waals surface area contributed by atoms with E-state index < -0.39 is 0 Å². The van der Waals surface area contributed by atoms with Gasteiger partial charge in [0.2, 0.25) is 0 Å². The van der Waals surface area contributed by atoms with Crippen LogP contribution in [0, 0.1) is 18.3 Å². The number of nitriles is 1. The summed E-state index contributed by atoms with van der Waals surface area (Å²) in [5, 5.41) is 13.0. The second-order valence-corrected chi connectivity index (χ2v) is 4.69. The van der Waals surface area contributed by atoms with Gasteiger partial charge < -0.3 is 9.82 Å². The first-order chi connectivity index (χ1) is 9.63. The predicted octanol–water partition coefficient (Wildman–Crippen LogP) is 2.88. The van der Waals surface area contributed by atoms with Gasteiger partial charge in [0, 0.05) is 11.3 Å². The maximum absolute atomic E-state index is 11.6. The van der Waals surface area contributed by atoms with Crippen molar-refractivity contribution in [1.82, 2.24) is 4.98 Å².